The van der Waals surface area contributed by atoms with E-state index in [1.165, 1.54) is 30.1 Å². The van der Waals surface area contributed by atoms with Gasteiger partial charge in [0.1, 0.15) is 5.03 Å². The van der Waals surface area contributed by atoms with Crippen molar-refractivity contribution >= 4 is 17.9 Å². The first-order valence-electron chi connectivity index (χ1n) is 4.67. The lowest BCUT2D eigenvalue weighted by atomic mass is 10.2. The molecule has 0 saturated heterocycles. The van der Waals surface area contributed by atoms with E-state index in [1.807, 2.05) is 0 Å². The number of hydrogen-bond acceptors (Lipinski definition) is 5. The van der Waals surface area contributed by atoms with Gasteiger partial charge in [-0.1, -0.05) is 11.8 Å². The molecule has 0 atom stereocenters. The summed E-state index contributed by atoms with van der Waals surface area (Å²) in [5.41, 5.74) is -0.656. The van der Waals surface area contributed by atoms with Gasteiger partial charge in [-0.2, -0.15) is 33.1 Å². The molecule has 1 heterocycles. The second-order valence-corrected chi connectivity index (χ2v) is 4.11. The van der Waals surface area contributed by atoms with Gasteiger partial charge in [0.2, 0.25) is 0 Å². The summed E-state index contributed by atoms with van der Waals surface area (Å²) in [6, 6.07) is 4.90. The molecule has 0 aliphatic carbocycles. The van der Waals surface area contributed by atoms with Gasteiger partial charge in [-0.15, -0.1) is 5.10 Å². The maximum atomic E-state index is 12.3. The fourth-order valence-electron chi connectivity index (χ4n) is 1.07. The molecule has 100 valence electrons. The highest BCUT2D eigenvalue weighted by atomic mass is 32.2. The molecule has 0 amide bonds. The first-order valence-corrected chi connectivity index (χ1v) is 5.49. The van der Waals surface area contributed by atoms with Crippen LogP contribution in [0.3, 0.4) is 0 Å². The van der Waals surface area contributed by atoms with Gasteiger partial charge in [0.15, 0.2) is 0 Å². The number of H-pyrrole nitrogens is 1. The molecule has 5 nitrogen and oxygen atoms in total. The number of nitrogens with one attached hydrogen (secondary N) is 1. The molecule has 2 rings (SSSR count). The van der Waals surface area contributed by atoms with Crippen molar-refractivity contribution < 1.29 is 22.8 Å². The van der Waals surface area contributed by atoms with Crippen molar-refractivity contribution in [2.24, 2.45) is 0 Å². The van der Waals surface area contributed by atoms with Crippen molar-refractivity contribution in [3.63, 3.8) is 0 Å². The zero-order valence-electron chi connectivity index (χ0n) is 9.14. The molecule has 0 bridgehead atoms. The first-order chi connectivity index (χ1) is 8.97. The lowest BCUT2D eigenvalue weighted by Crippen LogP contribution is -2.03. The highest BCUT2D eigenvalue weighted by Gasteiger charge is 2.29. The van der Waals surface area contributed by atoms with Crippen LogP contribution < -0.4 is 0 Å². The average molecular weight is 289 g/mol. The smallest absolute Gasteiger partial charge is 0.197 e. The lowest BCUT2D eigenvalue weighted by Gasteiger charge is -2.06. The second kappa shape index (κ2) is 6.72. The molecule has 0 radical (unpaired) electrons. The van der Waals surface area contributed by atoms with Gasteiger partial charge < -0.3 is 0 Å². The van der Waals surface area contributed by atoms with E-state index in [2.05, 4.69) is 15.4 Å². The van der Waals surface area contributed by atoms with Crippen molar-refractivity contribution in [3.05, 3.63) is 36.0 Å². The number of rotatable bonds is 2. The van der Waals surface area contributed by atoms with Crippen LogP contribution in [0.4, 0.5) is 13.2 Å². The molecular weight excluding hydrogens is 283 g/mol. The maximum Gasteiger partial charge on any atom is 0.416 e. The van der Waals surface area contributed by atoms with E-state index >= 15 is 0 Å². The molecule has 1 N–H and O–H groups in total. The second-order valence-electron chi connectivity index (χ2n) is 3.02. The van der Waals surface area contributed by atoms with E-state index < -0.39 is 11.7 Å². The minimum absolute atomic E-state index is 0.250. The number of alkyl halides is 3. The molecule has 0 saturated carbocycles. The van der Waals surface area contributed by atoms with Gasteiger partial charge in [0.05, 0.1) is 11.8 Å². The highest BCUT2D eigenvalue weighted by Crippen LogP contribution is 2.32. The Balaban J connectivity index is 0.000000550. The van der Waals surface area contributed by atoms with Crippen molar-refractivity contribution in [2.45, 2.75) is 16.1 Å². The zero-order valence-corrected chi connectivity index (χ0v) is 9.96. The molecule has 0 fully saturated rings. The fraction of sp³-hybridized carbons (Fsp3) is 0.100. The molecule has 19 heavy (non-hydrogen) atoms. The molecule has 0 unspecified atom stereocenters. The third-order valence-electron chi connectivity index (χ3n) is 1.80. The third-order valence-corrected chi connectivity index (χ3v) is 2.71. The predicted octanol–water partition coefficient (Wildman–Crippen LogP) is 2.39. The van der Waals surface area contributed by atoms with Crippen LogP contribution in [0.2, 0.25) is 0 Å². The Labute approximate surface area is 109 Å². The van der Waals surface area contributed by atoms with Gasteiger partial charge in [0, 0.05) is 4.90 Å². The molecule has 0 aliphatic heterocycles. The van der Waals surface area contributed by atoms with Gasteiger partial charge in [-0.05, 0) is 24.3 Å². The Morgan fingerprint density at radius 3 is 2.16 bits per heavy atom. The number of aromatic amines is 1. The quantitative estimate of drug-likeness (QED) is 0.918. The summed E-state index contributed by atoms with van der Waals surface area (Å²) in [6.07, 6.45) is -2.54. The van der Waals surface area contributed by atoms with Crippen LogP contribution in [0.1, 0.15) is 5.56 Å². The Morgan fingerprint density at radius 2 is 1.74 bits per heavy atom. The van der Waals surface area contributed by atoms with E-state index in [4.69, 9.17) is 9.59 Å². The normalized spacial score (nSPS) is 10.3. The van der Waals surface area contributed by atoms with Crippen LogP contribution in [0.5, 0.6) is 0 Å². The number of carbonyl (C=O) groups excluding carboxylic acids is 2. The first kappa shape index (κ1) is 14.9. The lowest BCUT2D eigenvalue weighted by molar-refractivity contribution is -0.191. The summed E-state index contributed by atoms with van der Waals surface area (Å²) < 4.78 is 36.8. The summed E-state index contributed by atoms with van der Waals surface area (Å²) in [6.45, 7) is 0. The summed E-state index contributed by atoms with van der Waals surface area (Å²) >= 11 is 1.24. The SMILES string of the molecule is FC(F)(F)c1ccc(Sc2cn[nH]n2)cc1.O=C=O. The number of aromatic nitrogens is 3. The largest absolute Gasteiger partial charge is 0.416 e. The van der Waals surface area contributed by atoms with Crippen molar-refractivity contribution in [2.75, 3.05) is 0 Å². The van der Waals surface area contributed by atoms with E-state index in [1.54, 1.807) is 0 Å². The van der Waals surface area contributed by atoms with E-state index in [0.717, 1.165) is 12.1 Å². The van der Waals surface area contributed by atoms with Crippen LogP contribution >= 0.6 is 11.8 Å². The molecule has 2 aromatic rings. The van der Waals surface area contributed by atoms with Gasteiger partial charge in [-0.25, -0.2) is 0 Å². The number of benzene rings is 1. The van der Waals surface area contributed by atoms with Crippen LogP contribution in [0, 0.1) is 0 Å². The van der Waals surface area contributed by atoms with Crippen molar-refractivity contribution in [1.29, 1.82) is 0 Å². The zero-order chi connectivity index (χ0) is 14.3. The Hall–Kier alpha value is -2.12. The summed E-state index contributed by atoms with van der Waals surface area (Å²) in [5, 5.41) is 10.4. The predicted molar refractivity (Wildman–Crippen MR) is 57.0 cm³/mol. The summed E-state index contributed by atoms with van der Waals surface area (Å²) in [7, 11) is 0. The molecule has 0 spiro atoms. The summed E-state index contributed by atoms with van der Waals surface area (Å²) in [5.74, 6) is 0. The topological polar surface area (TPSA) is 75.7 Å². The van der Waals surface area contributed by atoms with E-state index in [9.17, 15) is 13.2 Å². The van der Waals surface area contributed by atoms with Gasteiger partial charge in [0.25, 0.3) is 0 Å². The number of hydrogen-bond donors (Lipinski definition) is 1. The van der Waals surface area contributed by atoms with Crippen LogP contribution in [-0.4, -0.2) is 21.6 Å². The van der Waals surface area contributed by atoms with Crippen molar-refractivity contribution in [1.82, 2.24) is 15.4 Å². The highest BCUT2D eigenvalue weighted by molar-refractivity contribution is 7.99. The van der Waals surface area contributed by atoms with Crippen LogP contribution in [-0.2, 0) is 15.8 Å². The Bertz CT molecular complexity index is 534. The fourth-order valence-corrected chi connectivity index (χ4v) is 1.78. The standard InChI is InChI=1S/C9H6F3N3S.CO2/c10-9(11,12)6-1-3-7(4-2-6)16-8-5-13-15-14-8;2-1-3/h1-5H,(H,13,14,15);. The third kappa shape index (κ3) is 4.94. The van der Waals surface area contributed by atoms with Gasteiger partial charge >= 0.3 is 12.3 Å². The summed E-state index contributed by atoms with van der Waals surface area (Å²) in [4.78, 5) is 16.9. The van der Waals surface area contributed by atoms with Crippen LogP contribution in [0.25, 0.3) is 0 Å². The van der Waals surface area contributed by atoms with Gasteiger partial charge in [-0.3, -0.25) is 0 Å². The number of halogens is 3. The molecule has 0 aliphatic rings. The molecule has 9 heteroatoms. The Kier molecular flexibility index (Phi) is 5.28. The number of nitrogens with zero attached hydrogens (tertiary/aromatic N) is 2. The van der Waals surface area contributed by atoms with E-state index in [-0.39, 0.29) is 6.15 Å². The Morgan fingerprint density at radius 1 is 1.16 bits per heavy atom. The minimum Gasteiger partial charge on any atom is -0.197 e. The molecule has 1 aromatic carbocycles. The monoisotopic (exact) mass is 289 g/mol. The molecule has 1 aromatic heterocycles. The van der Waals surface area contributed by atoms with E-state index in [0.29, 0.717) is 9.92 Å². The molecular formula is C10H6F3N3O2S. The average Bonchev–Trinajstić information content (AvgIpc) is 2.82. The van der Waals surface area contributed by atoms with Crippen LogP contribution in [0.15, 0.2) is 40.4 Å². The van der Waals surface area contributed by atoms with Crippen molar-refractivity contribution in [3.8, 4) is 0 Å². The maximum absolute atomic E-state index is 12.3. The minimum atomic E-state index is -4.29.